The monoisotopic (exact) mass is 303 g/mol. The van der Waals surface area contributed by atoms with E-state index in [1.165, 1.54) is 16.7 Å². The summed E-state index contributed by atoms with van der Waals surface area (Å²) < 4.78 is 11.7. The van der Waals surface area contributed by atoms with Crippen molar-refractivity contribution >= 4 is 0 Å². The molecule has 3 rings (SSSR count). The van der Waals surface area contributed by atoms with Gasteiger partial charge in [0, 0.05) is 12.8 Å². The van der Waals surface area contributed by atoms with E-state index in [-0.39, 0.29) is 11.2 Å². The van der Waals surface area contributed by atoms with E-state index < -0.39 is 0 Å². The van der Waals surface area contributed by atoms with Crippen molar-refractivity contribution in [2.45, 2.75) is 58.2 Å². The van der Waals surface area contributed by atoms with Crippen LogP contribution in [0.5, 0.6) is 0 Å². The first-order chi connectivity index (χ1) is 10.6. The molecule has 122 valence electrons. The first-order valence-electron chi connectivity index (χ1n) is 8.67. The molecule has 1 heterocycles. The van der Waals surface area contributed by atoms with E-state index in [2.05, 4.69) is 32.0 Å². The molecule has 1 spiro atoms. The second-order valence-electron chi connectivity index (χ2n) is 7.11. The summed E-state index contributed by atoms with van der Waals surface area (Å²) in [6, 6.07) is 6.86. The van der Waals surface area contributed by atoms with Crippen molar-refractivity contribution in [1.82, 2.24) is 0 Å². The lowest BCUT2D eigenvalue weighted by molar-refractivity contribution is -0.190. The molecule has 2 fully saturated rings. The molecule has 0 bridgehead atoms. The Bertz CT molecular complexity index is 510. The maximum atomic E-state index is 6.21. The van der Waals surface area contributed by atoms with E-state index in [9.17, 15) is 0 Å². The number of ether oxygens (including phenoxy) is 2. The molecule has 3 nitrogen and oxygen atoms in total. The molecule has 0 radical (unpaired) electrons. The van der Waals surface area contributed by atoms with Crippen LogP contribution < -0.4 is 5.73 Å². The van der Waals surface area contributed by atoms with Crippen LogP contribution in [-0.2, 0) is 22.3 Å². The highest BCUT2D eigenvalue weighted by molar-refractivity contribution is 5.32. The Hall–Kier alpha value is -0.900. The zero-order chi connectivity index (χ0) is 15.6. The van der Waals surface area contributed by atoms with Crippen LogP contribution in [0, 0.1) is 12.3 Å². The predicted octanol–water partition coefficient (Wildman–Crippen LogP) is 3.36. The molecular weight excluding hydrogens is 274 g/mol. The molecule has 1 aromatic carbocycles. The number of nitrogens with two attached hydrogens (primary N) is 1. The molecule has 2 aliphatic rings. The second-order valence-corrected chi connectivity index (χ2v) is 7.11. The molecule has 0 unspecified atom stereocenters. The van der Waals surface area contributed by atoms with Gasteiger partial charge in [-0.3, -0.25) is 0 Å². The zero-order valence-corrected chi connectivity index (χ0v) is 14.0. The molecule has 1 aliphatic heterocycles. The summed E-state index contributed by atoms with van der Waals surface area (Å²) in [5, 5.41) is 0. The Balaban J connectivity index is 1.75. The molecule has 3 heteroatoms. The highest BCUT2D eigenvalue weighted by atomic mass is 16.7. The summed E-state index contributed by atoms with van der Waals surface area (Å²) in [5.41, 5.74) is 10.7. The average Bonchev–Trinajstić information content (AvgIpc) is 3.00. The number of rotatable bonds is 4. The molecule has 2 N–H and O–H groups in total. The van der Waals surface area contributed by atoms with Crippen LogP contribution in [0.25, 0.3) is 0 Å². The average molecular weight is 303 g/mol. The number of hydrogen-bond donors (Lipinski definition) is 1. The molecule has 1 aliphatic carbocycles. The number of aryl methyl sites for hydroxylation is 2. The lowest BCUT2D eigenvalue weighted by atomic mass is 9.68. The van der Waals surface area contributed by atoms with E-state index >= 15 is 0 Å². The Morgan fingerprint density at radius 1 is 1.05 bits per heavy atom. The van der Waals surface area contributed by atoms with Crippen LogP contribution in [0.2, 0.25) is 0 Å². The third-order valence-corrected chi connectivity index (χ3v) is 5.63. The van der Waals surface area contributed by atoms with Gasteiger partial charge in [-0.15, -0.1) is 0 Å². The van der Waals surface area contributed by atoms with Gasteiger partial charge in [-0.05, 0) is 55.7 Å². The van der Waals surface area contributed by atoms with E-state index in [1.807, 2.05) is 0 Å². The fourth-order valence-corrected chi connectivity index (χ4v) is 4.06. The Morgan fingerprint density at radius 2 is 1.73 bits per heavy atom. The topological polar surface area (TPSA) is 44.5 Å². The summed E-state index contributed by atoms with van der Waals surface area (Å²) in [7, 11) is 0. The van der Waals surface area contributed by atoms with Crippen LogP contribution in [0.4, 0.5) is 0 Å². The van der Waals surface area contributed by atoms with E-state index in [0.29, 0.717) is 0 Å². The summed E-state index contributed by atoms with van der Waals surface area (Å²) in [6.45, 7) is 6.64. The van der Waals surface area contributed by atoms with Crippen molar-refractivity contribution in [3.05, 3.63) is 34.9 Å². The minimum Gasteiger partial charge on any atom is -0.348 e. The van der Waals surface area contributed by atoms with Crippen molar-refractivity contribution in [3.63, 3.8) is 0 Å². The number of hydrogen-bond acceptors (Lipinski definition) is 3. The summed E-state index contributed by atoms with van der Waals surface area (Å²) in [4.78, 5) is 0. The molecular formula is C19H29NO2. The summed E-state index contributed by atoms with van der Waals surface area (Å²) >= 11 is 0. The highest BCUT2D eigenvalue weighted by Crippen LogP contribution is 2.46. The van der Waals surface area contributed by atoms with Gasteiger partial charge < -0.3 is 15.2 Å². The second kappa shape index (κ2) is 6.31. The Morgan fingerprint density at radius 3 is 2.32 bits per heavy atom. The smallest absolute Gasteiger partial charge is 0.168 e. The van der Waals surface area contributed by atoms with Crippen molar-refractivity contribution in [2.24, 2.45) is 11.1 Å². The molecule has 22 heavy (non-hydrogen) atoms. The van der Waals surface area contributed by atoms with Gasteiger partial charge in [0.05, 0.1) is 13.2 Å². The fourth-order valence-electron chi connectivity index (χ4n) is 4.06. The van der Waals surface area contributed by atoms with E-state index in [1.54, 1.807) is 0 Å². The normalized spacial score (nSPS) is 23.0. The quantitative estimate of drug-likeness (QED) is 0.927. The van der Waals surface area contributed by atoms with Crippen LogP contribution in [0.1, 0.15) is 49.3 Å². The van der Waals surface area contributed by atoms with Crippen LogP contribution in [0.3, 0.4) is 0 Å². The van der Waals surface area contributed by atoms with Crippen LogP contribution in [0.15, 0.2) is 18.2 Å². The van der Waals surface area contributed by atoms with Crippen LogP contribution in [-0.4, -0.2) is 25.5 Å². The minimum atomic E-state index is -0.292. The van der Waals surface area contributed by atoms with Gasteiger partial charge >= 0.3 is 0 Å². The molecule has 1 saturated heterocycles. The van der Waals surface area contributed by atoms with E-state index in [4.69, 9.17) is 15.2 Å². The predicted molar refractivity (Wildman–Crippen MR) is 88.9 cm³/mol. The zero-order valence-electron chi connectivity index (χ0n) is 14.0. The standard InChI is InChI=1S/C19H29NO2/c1-3-16-12-15(2)4-5-17(16)13-18(14-20)6-8-19(9-7-18)21-10-11-22-19/h4-5,12H,3,6-11,13-14,20H2,1-2H3. The molecule has 1 saturated carbocycles. The van der Waals surface area contributed by atoms with Crippen molar-refractivity contribution in [2.75, 3.05) is 19.8 Å². The number of benzene rings is 1. The van der Waals surface area contributed by atoms with Crippen LogP contribution >= 0.6 is 0 Å². The summed E-state index contributed by atoms with van der Waals surface area (Å²) in [5.74, 6) is -0.292. The first-order valence-corrected chi connectivity index (χ1v) is 8.67. The van der Waals surface area contributed by atoms with Gasteiger partial charge in [0.1, 0.15) is 0 Å². The van der Waals surface area contributed by atoms with Gasteiger partial charge in [0.25, 0.3) is 0 Å². The van der Waals surface area contributed by atoms with Crippen molar-refractivity contribution < 1.29 is 9.47 Å². The molecule has 0 atom stereocenters. The fraction of sp³-hybridized carbons (Fsp3) is 0.684. The SMILES string of the molecule is CCc1cc(C)ccc1CC1(CN)CCC2(CC1)OCCO2. The minimum absolute atomic E-state index is 0.208. The van der Waals surface area contributed by atoms with Crippen molar-refractivity contribution in [1.29, 1.82) is 0 Å². The van der Waals surface area contributed by atoms with Gasteiger partial charge in [0.15, 0.2) is 5.79 Å². The van der Waals surface area contributed by atoms with Gasteiger partial charge in [0.2, 0.25) is 0 Å². The van der Waals surface area contributed by atoms with E-state index in [0.717, 1.165) is 58.3 Å². The lowest BCUT2D eigenvalue weighted by Gasteiger charge is -2.43. The maximum absolute atomic E-state index is 6.21. The summed E-state index contributed by atoms with van der Waals surface area (Å²) in [6.07, 6.45) is 6.34. The first kappa shape index (κ1) is 16.0. The van der Waals surface area contributed by atoms with Gasteiger partial charge in [-0.25, -0.2) is 0 Å². The maximum Gasteiger partial charge on any atom is 0.168 e. The van der Waals surface area contributed by atoms with Gasteiger partial charge in [-0.2, -0.15) is 0 Å². The molecule has 1 aromatic rings. The third kappa shape index (κ3) is 3.08. The largest absolute Gasteiger partial charge is 0.348 e. The Labute approximate surface area is 134 Å². The van der Waals surface area contributed by atoms with Gasteiger partial charge in [-0.1, -0.05) is 30.7 Å². The van der Waals surface area contributed by atoms with Crippen molar-refractivity contribution in [3.8, 4) is 0 Å². The lowest BCUT2D eigenvalue weighted by Crippen LogP contribution is -2.44. The third-order valence-electron chi connectivity index (χ3n) is 5.63. The molecule has 0 aromatic heterocycles. The highest BCUT2D eigenvalue weighted by Gasteiger charge is 2.45. The molecule has 0 amide bonds. The Kier molecular flexibility index (Phi) is 4.58.